The Kier molecular flexibility index (Phi) is 2.78. The Hall–Kier alpha value is -2.42. The normalized spacial score (nSPS) is 11.7. The summed E-state index contributed by atoms with van der Waals surface area (Å²) in [5.41, 5.74) is 0. The fraction of sp³-hybridized carbons (Fsp3) is 0.200. The molecule has 0 radical (unpaired) electrons. The van der Waals surface area contributed by atoms with E-state index in [1.165, 1.54) is 6.19 Å². The first kappa shape index (κ1) is 10.1. The van der Waals surface area contributed by atoms with Gasteiger partial charge >= 0.3 is 0 Å². The maximum Gasteiger partial charge on any atom is 0.270 e. The monoisotopic (exact) mass is 220 g/mol. The van der Waals surface area contributed by atoms with Crippen LogP contribution in [-0.4, -0.2) is 19.3 Å². The number of nitrogens with zero attached hydrogens (tertiary/aromatic N) is 1. The zero-order valence-corrected chi connectivity index (χ0v) is 8.23. The molecule has 0 atom stereocenters. The van der Waals surface area contributed by atoms with Crippen LogP contribution in [0.15, 0.2) is 18.2 Å². The molecule has 0 aliphatic carbocycles. The summed E-state index contributed by atoms with van der Waals surface area (Å²) in [5, 5.41) is 10.1. The number of carbonyl (C=O) groups excluding carboxylic acids is 1. The summed E-state index contributed by atoms with van der Waals surface area (Å²) in [6.45, 7) is -0.0269. The molecule has 1 N–H and O–H groups in total. The van der Waals surface area contributed by atoms with Crippen molar-refractivity contribution in [2.45, 2.75) is 0 Å². The Balaban J connectivity index is 1.96. The number of hydrogen-bond donors (Lipinski definition) is 1. The molecule has 1 heterocycles. The van der Waals surface area contributed by atoms with E-state index in [1.54, 1.807) is 18.2 Å². The largest absolute Gasteiger partial charge is 0.484 e. The predicted molar refractivity (Wildman–Crippen MR) is 51.8 cm³/mol. The summed E-state index contributed by atoms with van der Waals surface area (Å²) in [6, 6.07) is 4.98. The third kappa shape index (κ3) is 2.15. The first-order chi connectivity index (χ1) is 7.79. The molecule has 1 amide bonds. The molecule has 1 aromatic rings. The minimum Gasteiger partial charge on any atom is -0.484 e. The van der Waals surface area contributed by atoms with Crippen molar-refractivity contribution < 1.29 is 19.0 Å². The van der Waals surface area contributed by atoms with Gasteiger partial charge in [-0.1, -0.05) is 0 Å². The topological polar surface area (TPSA) is 80.6 Å². The van der Waals surface area contributed by atoms with E-state index in [0.29, 0.717) is 17.2 Å². The first-order valence-corrected chi connectivity index (χ1v) is 4.50. The number of nitriles is 1. The van der Waals surface area contributed by atoms with E-state index in [-0.39, 0.29) is 13.4 Å². The van der Waals surface area contributed by atoms with Gasteiger partial charge in [0.05, 0.1) is 0 Å². The maximum absolute atomic E-state index is 10.9. The van der Waals surface area contributed by atoms with Gasteiger partial charge in [0.1, 0.15) is 5.75 Å². The van der Waals surface area contributed by atoms with Crippen LogP contribution in [0.5, 0.6) is 17.2 Å². The van der Waals surface area contributed by atoms with Gasteiger partial charge in [0, 0.05) is 6.07 Å². The summed E-state index contributed by atoms with van der Waals surface area (Å²) in [4.78, 5) is 10.9. The Morgan fingerprint density at radius 2 is 2.31 bits per heavy atom. The Bertz CT molecular complexity index is 453. The number of rotatable bonds is 3. The van der Waals surface area contributed by atoms with Gasteiger partial charge in [-0.15, -0.1) is 0 Å². The molecule has 2 rings (SSSR count). The lowest BCUT2D eigenvalue weighted by molar-refractivity contribution is -0.121. The molecule has 6 nitrogen and oxygen atoms in total. The molecule has 0 unspecified atom stereocenters. The summed E-state index contributed by atoms with van der Waals surface area (Å²) in [5.74, 6) is 1.21. The molecule has 1 aliphatic heterocycles. The van der Waals surface area contributed by atoms with Gasteiger partial charge in [-0.2, -0.15) is 5.26 Å². The van der Waals surface area contributed by atoms with Gasteiger partial charge in [-0.25, -0.2) is 0 Å². The van der Waals surface area contributed by atoms with Crippen LogP contribution in [0.4, 0.5) is 0 Å². The van der Waals surface area contributed by atoms with E-state index in [0.717, 1.165) is 0 Å². The molecule has 0 aromatic heterocycles. The van der Waals surface area contributed by atoms with E-state index >= 15 is 0 Å². The zero-order chi connectivity index (χ0) is 11.4. The summed E-state index contributed by atoms with van der Waals surface area (Å²) >= 11 is 0. The van der Waals surface area contributed by atoms with E-state index in [2.05, 4.69) is 0 Å². The summed E-state index contributed by atoms with van der Waals surface area (Å²) in [6.07, 6.45) is 1.52. The second-order valence-corrected chi connectivity index (χ2v) is 2.96. The van der Waals surface area contributed by atoms with Gasteiger partial charge in [0.2, 0.25) is 6.79 Å². The SMILES string of the molecule is N#CNC(=O)COc1ccc2c(c1)OCO2. The number of benzene rings is 1. The third-order valence-corrected chi connectivity index (χ3v) is 1.91. The number of amides is 1. The molecule has 0 saturated heterocycles. The summed E-state index contributed by atoms with van der Waals surface area (Å²) in [7, 11) is 0. The van der Waals surface area contributed by atoms with Gasteiger partial charge in [0.15, 0.2) is 24.3 Å². The van der Waals surface area contributed by atoms with Crippen LogP contribution in [-0.2, 0) is 4.79 Å². The van der Waals surface area contributed by atoms with E-state index in [1.807, 2.05) is 5.32 Å². The predicted octanol–water partition coefficient (Wildman–Crippen LogP) is 0.391. The lowest BCUT2D eigenvalue weighted by Crippen LogP contribution is -2.24. The molecular weight excluding hydrogens is 212 g/mol. The van der Waals surface area contributed by atoms with Crippen molar-refractivity contribution >= 4 is 5.91 Å². The van der Waals surface area contributed by atoms with Crippen LogP contribution in [0.3, 0.4) is 0 Å². The molecule has 0 fully saturated rings. The molecule has 16 heavy (non-hydrogen) atoms. The van der Waals surface area contributed by atoms with Crippen LogP contribution in [0.1, 0.15) is 0 Å². The zero-order valence-electron chi connectivity index (χ0n) is 8.23. The van der Waals surface area contributed by atoms with Crippen molar-refractivity contribution in [2.75, 3.05) is 13.4 Å². The minimum absolute atomic E-state index is 0.188. The average molecular weight is 220 g/mol. The van der Waals surface area contributed by atoms with Crippen LogP contribution in [0.25, 0.3) is 0 Å². The molecule has 0 spiro atoms. The Labute approximate surface area is 91.3 Å². The average Bonchev–Trinajstić information content (AvgIpc) is 2.74. The van der Waals surface area contributed by atoms with Crippen LogP contribution >= 0.6 is 0 Å². The lowest BCUT2D eigenvalue weighted by atomic mass is 10.3. The molecular formula is C10H8N2O4. The highest BCUT2D eigenvalue weighted by molar-refractivity contribution is 5.78. The second-order valence-electron chi connectivity index (χ2n) is 2.96. The standard InChI is InChI=1S/C10H8N2O4/c11-5-12-10(13)4-14-7-1-2-8-9(3-7)16-6-15-8/h1-3H,4,6H2,(H,12,13). The van der Waals surface area contributed by atoms with Crippen molar-refractivity contribution in [3.05, 3.63) is 18.2 Å². The van der Waals surface area contributed by atoms with Crippen molar-refractivity contribution in [2.24, 2.45) is 0 Å². The third-order valence-electron chi connectivity index (χ3n) is 1.91. The highest BCUT2D eigenvalue weighted by Gasteiger charge is 2.14. The van der Waals surface area contributed by atoms with Crippen LogP contribution in [0, 0.1) is 11.5 Å². The molecule has 1 aliphatic rings. The molecule has 82 valence electrons. The smallest absolute Gasteiger partial charge is 0.270 e. The minimum atomic E-state index is -0.500. The highest BCUT2D eigenvalue weighted by Crippen LogP contribution is 2.34. The van der Waals surface area contributed by atoms with E-state index in [9.17, 15) is 4.79 Å². The van der Waals surface area contributed by atoms with Gasteiger partial charge in [0.25, 0.3) is 5.91 Å². The van der Waals surface area contributed by atoms with Gasteiger partial charge in [-0.05, 0) is 12.1 Å². The van der Waals surface area contributed by atoms with Crippen LogP contribution in [0.2, 0.25) is 0 Å². The number of nitrogens with one attached hydrogen (secondary N) is 1. The van der Waals surface area contributed by atoms with Crippen molar-refractivity contribution in [1.29, 1.82) is 5.26 Å². The number of ether oxygens (including phenoxy) is 3. The molecule has 1 aromatic carbocycles. The fourth-order valence-corrected chi connectivity index (χ4v) is 1.21. The first-order valence-electron chi connectivity index (χ1n) is 4.50. The molecule has 0 saturated carbocycles. The van der Waals surface area contributed by atoms with Crippen molar-refractivity contribution in [1.82, 2.24) is 5.32 Å². The molecule has 0 bridgehead atoms. The Morgan fingerprint density at radius 3 is 3.12 bits per heavy atom. The number of carbonyl (C=O) groups is 1. The quantitative estimate of drug-likeness (QED) is 0.588. The highest BCUT2D eigenvalue weighted by atomic mass is 16.7. The molecule has 6 heteroatoms. The van der Waals surface area contributed by atoms with E-state index in [4.69, 9.17) is 19.5 Å². The lowest BCUT2D eigenvalue weighted by Gasteiger charge is -2.04. The number of hydrogen-bond acceptors (Lipinski definition) is 5. The number of fused-ring (bicyclic) bond motifs is 1. The fourth-order valence-electron chi connectivity index (χ4n) is 1.21. The van der Waals surface area contributed by atoms with Gasteiger partial charge < -0.3 is 14.2 Å². The second kappa shape index (κ2) is 4.40. The van der Waals surface area contributed by atoms with E-state index < -0.39 is 5.91 Å². The van der Waals surface area contributed by atoms with Crippen molar-refractivity contribution in [3.63, 3.8) is 0 Å². The Morgan fingerprint density at radius 1 is 1.50 bits per heavy atom. The maximum atomic E-state index is 10.9. The van der Waals surface area contributed by atoms with Crippen molar-refractivity contribution in [3.8, 4) is 23.4 Å². The van der Waals surface area contributed by atoms with Crippen LogP contribution < -0.4 is 19.5 Å². The van der Waals surface area contributed by atoms with Gasteiger partial charge in [-0.3, -0.25) is 10.1 Å². The summed E-state index contributed by atoms with van der Waals surface area (Å²) < 4.78 is 15.4.